The van der Waals surface area contributed by atoms with Gasteiger partial charge < -0.3 is 14.9 Å². The summed E-state index contributed by atoms with van der Waals surface area (Å²) >= 11 is 6.11. The number of ketones is 1. The lowest BCUT2D eigenvalue weighted by Gasteiger charge is -2.53. The molecular weight excluding hydrogens is 666 g/mol. The highest BCUT2D eigenvalue weighted by Gasteiger charge is 2.62. The third-order valence-electron chi connectivity index (χ3n) is 12.4. The number of carbonyl (C=O) groups excluding carboxylic acids is 2. The van der Waals surface area contributed by atoms with Gasteiger partial charge in [-0.15, -0.1) is 5.92 Å². The van der Waals surface area contributed by atoms with Crippen LogP contribution in [0.1, 0.15) is 81.4 Å². The number of rotatable bonds is 3. The summed E-state index contributed by atoms with van der Waals surface area (Å²) in [6.45, 7) is 4.29. The number of amides is 1. The number of hydrogen-bond donors (Lipinski definition) is 1. The SMILES string of the molecule is CC#C[C@]1(O)CC[C@H]2[C@@H]3CCC4=CC(=O)CCC4=C3[C@@H](c3ccc(N(C)C)cc3)C[C@@]21C.CN1C(=O)CN=C(c2ccccc2)c2cc(Cl)ccc21. The molecule has 0 aromatic heterocycles. The van der Waals surface area contributed by atoms with Gasteiger partial charge in [0.2, 0.25) is 5.91 Å². The molecule has 0 spiro atoms. The van der Waals surface area contributed by atoms with E-state index in [1.807, 2.05) is 55.5 Å². The molecule has 3 aromatic carbocycles. The lowest BCUT2D eigenvalue weighted by molar-refractivity contribution is -0.117. The number of hydrogen-bond acceptors (Lipinski definition) is 5. The molecule has 4 aliphatic carbocycles. The third kappa shape index (κ3) is 6.33. The molecule has 7 heteroatoms. The predicted molar refractivity (Wildman–Crippen MR) is 211 cm³/mol. The third-order valence-corrected chi connectivity index (χ3v) is 12.6. The minimum Gasteiger partial charge on any atom is -0.378 e. The van der Waals surface area contributed by atoms with E-state index in [9.17, 15) is 14.7 Å². The number of benzodiazepines with no additional fused rings is 1. The molecule has 52 heavy (non-hydrogen) atoms. The number of carbonyl (C=O) groups is 2. The van der Waals surface area contributed by atoms with E-state index < -0.39 is 5.60 Å². The zero-order valence-electron chi connectivity index (χ0n) is 30.9. The van der Waals surface area contributed by atoms with Gasteiger partial charge in [-0.1, -0.05) is 72.5 Å². The number of aliphatic imine (C=N–C) groups is 1. The molecular formula is C45H48ClN3O3. The van der Waals surface area contributed by atoms with Crippen LogP contribution in [0.5, 0.6) is 0 Å². The Hall–Kier alpha value is -4.44. The molecule has 0 unspecified atom stereocenters. The van der Waals surface area contributed by atoms with Crippen molar-refractivity contribution in [2.75, 3.05) is 37.5 Å². The molecule has 2 fully saturated rings. The molecule has 1 aliphatic heterocycles. The van der Waals surface area contributed by atoms with E-state index >= 15 is 0 Å². The monoisotopic (exact) mass is 713 g/mol. The van der Waals surface area contributed by atoms with Crippen molar-refractivity contribution in [3.8, 4) is 11.8 Å². The van der Waals surface area contributed by atoms with Crippen molar-refractivity contribution < 1.29 is 14.7 Å². The Kier molecular flexibility index (Phi) is 9.80. The second-order valence-corrected chi connectivity index (χ2v) is 15.8. The molecule has 0 radical (unpaired) electrons. The topological polar surface area (TPSA) is 73.2 Å². The first-order chi connectivity index (χ1) is 24.9. The first-order valence-corrected chi connectivity index (χ1v) is 18.9. The van der Waals surface area contributed by atoms with E-state index in [0.717, 1.165) is 61.1 Å². The van der Waals surface area contributed by atoms with E-state index in [4.69, 9.17) is 11.6 Å². The average molecular weight is 714 g/mol. The van der Waals surface area contributed by atoms with Crippen LogP contribution >= 0.6 is 11.6 Å². The first-order valence-electron chi connectivity index (χ1n) is 18.5. The zero-order chi connectivity index (χ0) is 36.8. The summed E-state index contributed by atoms with van der Waals surface area (Å²) in [6.07, 6.45) is 8.23. The zero-order valence-corrected chi connectivity index (χ0v) is 31.6. The maximum Gasteiger partial charge on any atom is 0.248 e. The van der Waals surface area contributed by atoms with Gasteiger partial charge in [0, 0.05) is 60.7 Å². The van der Waals surface area contributed by atoms with Crippen molar-refractivity contribution in [3.63, 3.8) is 0 Å². The van der Waals surface area contributed by atoms with Crippen molar-refractivity contribution >= 4 is 40.4 Å². The Bertz CT molecular complexity index is 2050. The van der Waals surface area contributed by atoms with Crippen LogP contribution in [-0.2, 0) is 9.59 Å². The Morgan fingerprint density at radius 2 is 1.73 bits per heavy atom. The summed E-state index contributed by atoms with van der Waals surface area (Å²) in [5.74, 6) is 7.73. The van der Waals surface area contributed by atoms with Gasteiger partial charge in [0.05, 0.1) is 11.4 Å². The molecule has 0 saturated heterocycles. The van der Waals surface area contributed by atoms with Crippen molar-refractivity contribution in [2.45, 2.75) is 70.3 Å². The fraction of sp³-hybridized carbons (Fsp3) is 0.400. The lowest BCUT2D eigenvalue weighted by atomic mass is 9.51. The summed E-state index contributed by atoms with van der Waals surface area (Å²) in [5, 5.41) is 12.4. The minimum atomic E-state index is -0.914. The number of benzene rings is 3. The molecule has 1 amide bonds. The molecule has 0 bridgehead atoms. The minimum absolute atomic E-state index is 0.0282. The van der Waals surface area contributed by atoms with Gasteiger partial charge in [0.25, 0.3) is 0 Å². The molecule has 5 atom stereocenters. The van der Waals surface area contributed by atoms with Crippen LogP contribution in [0.4, 0.5) is 11.4 Å². The van der Waals surface area contributed by atoms with Crippen LogP contribution in [-0.4, -0.2) is 55.8 Å². The van der Waals surface area contributed by atoms with Crippen molar-refractivity contribution in [1.29, 1.82) is 0 Å². The summed E-state index contributed by atoms with van der Waals surface area (Å²) in [4.78, 5) is 32.4. The second kappa shape index (κ2) is 14.2. The molecule has 3 aromatic rings. The fourth-order valence-corrected chi connectivity index (χ4v) is 9.86. The molecule has 5 aliphatic rings. The van der Waals surface area contributed by atoms with Crippen molar-refractivity contribution in [1.82, 2.24) is 0 Å². The number of allylic oxidation sites excluding steroid dienone is 4. The van der Waals surface area contributed by atoms with Gasteiger partial charge >= 0.3 is 0 Å². The second-order valence-electron chi connectivity index (χ2n) is 15.4. The summed E-state index contributed by atoms with van der Waals surface area (Å²) in [6, 6.07) is 24.3. The standard InChI is InChI=1S/C29H35NO2.C16H13ClN2O/c1-5-15-29(32)16-14-26-24-12-8-20-17-22(31)11-13-23(20)27(24)25(18-28(26,29)2)19-6-9-21(10-7-19)30(3)4;1-19-14-8-7-12(17)9-13(14)16(18-10-15(19)20)11-5-3-2-4-6-11/h6-7,9-10,17,24-26,32H,8,11-14,16,18H2,1-4H3;2-9H,10H2,1H3/t24-,25+,26-,28-,29-;/m0./s1. The fourth-order valence-electron chi connectivity index (χ4n) is 9.69. The molecule has 8 rings (SSSR count). The first kappa shape index (κ1) is 35.9. The predicted octanol–water partition coefficient (Wildman–Crippen LogP) is 8.56. The highest BCUT2D eigenvalue weighted by Crippen LogP contribution is 2.66. The van der Waals surface area contributed by atoms with Gasteiger partial charge in [-0.2, -0.15) is 0 Å². The Balaban J connectivity index is 0.000000180. The van der Waals surface area contributed by atoms with Crippen LogP contribution < -0.4 is 9.80 Å². The lowest BCUT2D eigenvalue weighted by Crippen LogP contribution is -2.51. The van der Waals surface area contributed by atoms with Crippen molar-refractivity contribution in [2.24, 2.45) is 22.2 Å². The normalized spacial score (nSPS) is 27.7. The Labute approximate surface area is 313 Å². The van der Waals surface area contributed by atoms with Crippen LogP contribution in [0.25, 0.3) is 0 Å². The van der Waals surface area contributed by atoms with Gasteiger partial charge in [-0.3, -0.25) is 14.6 Å². The smallest absolute Gasteiger partial charge is 0.248 e. The van der Waals surface area contributed by atoms with Gasteiger partial charge in [-0.25, -0.2) is 0 Å². The van der Waals surface area contributed by atoms with Crippen LogP contribution in [0, 0.1) is 29.1 Å². The number of fused-ring (bicyclic) bond motifs is 5. The number of nitrogens with zero attached hydrogens (tertiary/aromatic N) is 3. The van der Waals surface area contributed by atoms with Crippen LogP contribution in [0.15, 0.2) is 101 Å². The van der Waals surface area contributed by atoms with Gasteiger partial charge in [0.15, 0.2) is 5.78 Å². The molecule has 268 valence electrons. The van der Waals surface area contributed by atoms with Crippen LogP contribution in [0.2, 0.25) is 5.02 Å². The molecule has 1 heterocycles. The summed E-state index contributed by atoms with van der Waals surface area (Å²) in [7, 11) is 5.90. The van der Waals surface area contributed by atoms with Crippen molar-refractivity contribution in [3.05, 3.63) is 117 Å². The van der Waals surface area contributed by atoms with E-state index in [2.05, 4.69) is 67.0 Å². The highest BCUT2D eigenvalue weighted by molar-refractivity contribution is 6.32. The number of likely N-dealkylation sites (N-methyl/N-ethyl adjacent to an activating group) is 1. The molecule has 6 nitrogen and oxygen atoms in total. The van der Waals surface area contributed by atoms with Gasteiger partial charge in [0.1, 0.15) is 12.1 Å². The number of halogens is 1. The Morgan fingerprint density at radius 1 is 0.981 bits per heavy atom. The van der Waals surface area contributed by atoms with Crippen LogP contribution in [0.3, 0.4) is 0 Å². The largest absolute Gasteiger partial charge is 0.378 e. The average Bonchev–Trinajstić information content (AvgIpc) is 3.33. The number of anilines is 2. The quantitative estimate of drug-likeness (QED) is 0.276. The maximum atomic E-state index is 12.2. The van der Waals surface area contributed by atoms with E-state index in [1.54, 1.807) is 23.6 Å². The van der Waals surface area contributed by atoms with E-state index in [-0.39, 0.29) is 29.6 Å². The van der Waals surface area contributed by atoms with E-state index in [0.29, 0.717) is 23.3 Å². The summed E-state index contributed by atoms with van der Waals surface area (Å²) < 4.78 is 0. The maximum absolute atomic E-state index is 12.2. The summed E-state index contributed by atoms with van der Waals surface area (Å²) in [5.41, 5.74) is 9.23. The van der Waals surface area contributed by atoms with Gasteiger partial charge in [-0.05, 0) is 110 Å². The Morgan fingerprint density at radius 3 is 2.44 bits per heavy atom. The molecule has 2 saturated carbocycles. The molecule has 1 N–H and O–H groups in total. The van der Waals surface area contributed by atoms with E-state index in [1.165, 1.54) is 22.4 Å². The number of aliphatic hydroxyl groups is 1. The highest BCUT2D eigenvalue weighted by atomic mass is 35.5.